The van der Waals surface area contributed by atoms with Crippen molar-refractivity contribution in [3.05, 3.63) is 40.7 Å². The molecule has 0 unspecified atom stereocenters. The standard InChI is InChI=1S/C20H26N2O5/c1-20(2,3)27-19(24)22-9-8-15(12-22)26-13-14-6-7-16(17(23)11-21-4)18(10-14)25-5/h6-7,10,15H,8-9,11-13H2,1-3,5H3/t15-/m1/s1. The Balaban J connectivity index is 1.91. The molecule has 1 saturated heterocycles. The van der Waals surface area contributed by atoms with Gasteiger partial charge in [-0.05, 0) is 44.9 Å². The normalized spacial score (nSPS) is 16.7. The first-order chi connectivity index (χ1) is 12.7. The van der Waals surface area contributed by atoms with Crippen LogP contribution in [-0.4, -0.2) is 55.2 Å². The first kappa shape index (κ1) is 20.7. The van der Waals surface area contributed by atoms with Crippen LogP contribution in [0, 0.1) is 6.57 Å². The van der Waals surface area contributed by atoms with Crippen molar-refractivity contribution in [3.63, 3.8) is 0 Å². The summed E-state index contributed by atoms with van der Waals surface area (Å²) in [5.41, 5.74) is 0.745. The zero-order chi connectivity index (χ0) is 20.0. The third kappa shape index (κ3) is 5.97. The van der Waals surface area contributed by atoms with Gasteiger partial charge in [0.05, 0.1) is 31.9 Å². The van der Waals surface area contributed by atoms with Crippen LogP contribution < -0.4 is 4.74 Å². The van der Waals surface area contributed by atoms with E-state index in [1.54, 1.807) is 23.1 Å². The van der Waals surface area contributed by atoms with Gasteiger partial charge < -0.3 is 24.0 Å². The summed E-state index contributed by atoms with van der Waals surface area (Å²) in [4.78, 5) is 28.8. The molecule has 7 heteroatoms. The van der Waals surface area contributed by atoms with E-state index in [0.717, 1.165) is 12.0 Å². The largest absolute Gasteiger partial charge is 0.496 e. The van der Waals surface area contributed by atoms with Gasteiger partial charge in [-0.3, -0.25) is 4.79 Å². The van der Waals surface area contributed by atoms with Crippen LogP contribution in [0.5, 0.6) is 5.75 Å². The predicted molar refractivity (Wildman–Crippen MR) is 99.8 cm³/mol. The molecule has 0 aromatic heterocycles. The van der Waals surface area contributed by atoms with Gasteiger partial charge >= 0.3 is 6.09 Å². The van der Waals surface area contributed by atoms with Crippen LogP contribution in [0.15, 0.2) is 18.2 Å². The van der Waals surface area contributed by atoms with Crippen LogP contribution in [0.4, 0.5) is 4.79 Å². The molecular formula is C20H26N2O5. The van der Waals surface area contributed by atoms with E-state index in [9.17, 15) is 9.59 Å². The number of likely N-dealkylation sites (tertiary alicyclic amines) is 1. The number of Topliss-reactive ketones (excluding diaryl/α,β-unsaturated/α-hetero) is 1. The summed E-state index contributed by atoms with van der Waals surface area (Å²) < 4.78 is 16.6. The molecule has 1 fully saturated rings. The van der Waals surface area contributed by atoms with Crippen molar-refractivity contribution in [1.82, 2.24) is 4.90 Å². The molecule has 1 aliphatic rings. The minimum atomic E-state index is -0.515. The molecule has 7 nitrogen and oxygen atoms in total. The molecule has 1 amide bonds. The fourth-order valence-electron chi connectivity index (χ4n) is 2.78. The Hall–Kier alpha value is -2.59. The van der Waals surface area contributed by atoms with E-state index in [2.05, 4.69) is 4.85 Å². The van der Waals surface area contributed by atoms with Crippen LogP contribution >= 0.6 is 0 Å². The highest BCUT2D eigenvalue weighted by Gasteiger charge is 2.30. The lowest BCUT2D eigenvalue weighted by molar-refractivity contribution is 0.0184. The van der Waals surface area contributed by atoms with Crippen LogP contribution in [-0.2, 0) is 16.1 Å². The number of ether oxygens (including phenoxy) is 3. The molecule has 0 N–H and O–H groups in total. The van der Waals surface area contributed by atoms with E-state index in [1.807, 2.05) is 20.8 Å². The Kier molecular flexibility index (Phi) is 6.81. The van der Waals surface area contributed by atoms with Gasteiger partial charge in [-0.15, -0.1) is 0 Å². The van der Waals surface area contributed by atoms with E-state index < -0.39 is 5.60 Å². The first-order valence-electron chi connectivity index (χ1n) is 8.86. The SMILES string of the molecule is [C-]#[N+]CC(=O)c1ccc(CO[C@@H]2CCN(C(=O)OC(C)(C)C)C2)cc1OC. The van der Waals surface area contributed by atoms with Crippen molar-refractivity contribution in [2.75, 3.05) is 26.7 Å². The monoisotopic (exact) mass is 374 g/mol. The second kappa shape index (κ2) is 8.87. The highest BCUT2D eigenvalue weighted by atomic mass is 16.6. The van der Waals surface area contributed by atoms with Crippen LogP contribution in [0.2, 0.25) is 0 Å². The lowest BCUT2D eigenvalue weighted by Crippen LogP contribution is -2.36. The molecule has 1 aromatic carbocycles. The quantitative estimate of drug-likeness (QED) is 0.564. The van der Waals surface area contributed by atoms with Gasteiger partial charge in [-0.2, -0.15) is 0 Å². The topological polar surface area (TPSA) is 69.4 Å². The lowest BCUT2D eigenvalue weighted by atomic mass is 10.1. The van der Waals surface area contributed by atoms with Gasteiger partial charge in [-0.25, -0.2) is 11.4 Å². The summed E-state index contributed by atoms with van der Waals surface area (Å²) in [7, 11) is 1.49. The average molecular weight is 374 g/mol. The van der Waals surface area contributed by atoms with E-state index >= 15 is 0 Å². The predicted octanol–water partition coefficient (Wildman–Crippen LogP) is 3.32. The van der Waals surface area contributed by atoms with Crippen LogP contribution in [0.25, 0.3) is 4.85 Å². The van der Waals surface area contributed by atoms with E-state index in [-0.39, 0.29) is 24.5 Å². The molecule has 2 rings (SSSR count). The lowest BCUT2D eigenvalue weighted by Gasteiger charge is -2.24. The summed E-state index contributed by atoms with van der Waals surface area (Å²) >= 11 is 0. The number of ketones is 1. The Morgan fingerprint density at radius 3 is 2.70 bits per heavy atom. The Morgan fingerprint density at radius 2 is 2.07 bits per heavy atom. The van der Waals surface area contributed by atoms with Crippen molar-refractivity contribution in [1.29, 1.82) is 0 Å². The Bertz CT molecular complexity index is 733. The third-order valence-electron chi connectivity index (χ3n) is 4.07. The second-order valence-corrected chi connectivity index (χ2v) is 7.42. The molecule has 0 spiro atoms. The maximum Gasteiger partial charge on any atom is 0.410 e. The third-order valence-corrected chi connectivity index (χ3v) is 4.07. The fourth-order valence-corrected chi connectivity index (χ4v) is 2.78. The van der Waals surface area contributed by atoms with E-state index in [4.69, 9.17) is 20.8 Å². The number of hydrogen-bond donors (Lipinski definition) is 0. The fraction of sp³-hybridized carbons (Fsp3) is 0.550. The summed E-state index contributed by atoms with van der Waals surface area (Å²) in [5.74, 6) is 0.171. The van der Waals surface area contributed by atoms with Crippen LogP contribution in [0.1, 0.15) is 43.1 Å². The van der Waals surface area contributed by atoms with Crippen molar-refractivity contribution in [2.24, 2.45) is 0 Å². The number of hydrogen-bond acceptors (Lipinski definition) is 5. The number of carbonyl (C=O) groups excluding carboxylic acids is 2. The number of carbonyl (C=O) groups is 2. The molecule has 0 radical (unpaired) electrons. The van der Waals surface area contributed by atoms with Crippen molar-refractivity contribution in [2.45, 2.75) is 45.5 Å². The van der Waals surface area contributed by atoms with Crippen molar-refractivity contribution < 1.29 is 23.8 Å². The molecule has 1 atom stereocenters. The van der Waals surface area contributed by atoms with Gasteiger partial charge in [0.2, 0.25) is 5.78 Å². The zero-order valence-electron chi connectivity index (χ0n) is 16.3. The minimum absolute atomic E-state index is 0.0630. The number of nitrogens with zero attached hydrogens (tertiary/aromatic N) is 2. The number of amides is 1. The number of benzene rings is 1. The van der Waals surface area contributed by atoms with Gasteiger partial charge in [0.15, 0.2) is 0 Å². The van der Waals surface area contributed by atoms with Gasteiger partial charge in [-0.1, -0.05) is 6.07 Å². The second-order valence-electron chi connectivity index (χ2n) is 7.42. The highest BCUT2D eigenvalue weighted by Crippen LogP contribution is 2.23. The Labute approximate surface area is 160 Å². The highest BCUT2D eigenvalue weighted by molar-refractivity contribution is 6.01. The molecule has 1 aliphatic heterocycles. The summed E-state index contributed by atoms with van der Waals surface area (Å²) in [6, 6.07) is 5.20. The van der Waals surface area contributed by atoms with Gasteiger partial charge in [0.25, 0.3) is 6.54 Å². The maximum absolute atomic E-state index is 12.1. The summed E-state index contributed by atoms with van der Waals surface area (Å²) in [6.45, 7) is 13.6. The van der Waals surface area contributed by atoms with Crippen molar-refractivity contribution in [3.8, 4) is 5.75 Å². The van der Waals surface area contributed by atoms with Crippen molar-refractivity contribution >= 4 is 11.9 Å². The van der Waals surface area contributed by atoms with Gasteiger partial charge in [0.1, 0.15) is 11.4 Å². The molecule has 0 aliphatic carbocycles. The molecule has 1 aromatic rings. The molecule has 1 heterocycles. The Morgan fingerprint density at radius 1 is 1.33 bits per heavy atom. The summed E-state index contributed by atoms with van der Waals surface area (Å²) in [5, 5.41) is 0. The molecule has 0 bridgehead atoms. The smallest absolute Gasteiger partial charge is 0.410 e. The first-order valence-corrected chi connectivity index (χ1v) is 8.86. The zero-order valence-corrected chi connectivity index (χ0v) is 16.3. The number of rotatable bonds is 6. The van der Waals surface area contributed by atoms with E-state index in [0.29, 0.717) is 31.0 Å². The number of methoxy groups -OCH3 is 1. The van der Waals surface area contributed by atoms with E-state index in [1.165, 1.54) is 7.11 Å². The van der Waals surface area contributed by atoms with Gasteiger partial charge in [0, 0.05) is 6.54 Å². The average Bonchev–Trinajstić information content (AvgIpc) is 3.07. The molecular weight excluding hydrogens is 348 g/mol. The van der Waals surface area contributed by atoms with Crippen LogP contribution in [0.3, 0.4) is 0 Å². The molecule has 0 saturated carbocycles. The molecule has 146 valence electrons. The minimum Gasteiger partial charge on any atom is -0.496 e. The molecule has 27 heavy (non-hydrogen) atoms. The maximum atomic E-state index is 12.1. The summed E-state index contributed by atoms with van der Waals surface area (Å²) in [6.07, 6.45) is 0.364.